The van der Waals surface area contributed by atoms with E-state index in [0.717, 1.165) is 52.1 Å². The molecule has 33 heavy (non-hydrogen) atoms. The highest BCUT2D eigenvalue weighted by Gasteiger charge is 2.28. The van der Waals surface area contributed by atoms with Crippen molar-refractivity contribution in [3.8, 4) is 5.75 Å². The van der Waals surface area contributed by atoms with Crippen molar-refractivity contribution in [3.05, 3.63) is 58.1 Å². The number of benzene rings is 2. The predicted octanol–water partition coefficient (Wildman–Crippen LogP) is 6.33. The molecule has 0 aliphatic heterocycles. The third-order valence-corrected chi connectivity index (χ3v) is 7.72. The number of nitrogens with zero attached hydrogens (tertiary/aromatic N) is 1. The third kappa shape index (κ3) is 5.43. The van der Waals surface area contributed by atoms with E-state index in [0.29, 0.717) is 16.7 Å². The summed E-state index contributed by atoms with van der Waals surface area (Å²) in [4.78, 5) is 2.98. The second-order valence-corrected chi connectivity index (χ2v) is 11.8. The fourth-order valence-corrected chi connectivity index (χ4v) is 6.03. The number of hydrogen-bond acceptors (Lipinski definition) is 4. The third-order valence-electron chi connectivity index (χ3n) is 6.38. The van der Waals surface area contributed by atoms with Gasteiger partial charge in [-0.3, -0.25) is 0 Å². The molecular weight excluding hydrogens is 432 g/mol. The number of rotatable bonds is 7. The molecule has 180 valence electrons. The van der Waals surface area contributed by atoms with E-state index in [9.17, 15) is 8.42 Å². The smallest absolute Gasteiger partial charge is 0.277 e. The first-order valence-electron chi connectivity index (χ1n) is 11.9. The Labute approximate surface area is 199 Å². The molecule has 0 fully saturated rings. The van der Waals surface area contributed by atoms with E-state index < -0.39 is 10.0 Å². The molecule has 1 aliphatic rings. The molecule has 1 aliphatic carbocycles. The lowest BCUT2D eigenvalue weighted by Crippen LogP contribution is -2.26. The first-order chi connectivity index (χ1) is 15.4. The molecule has 0 spiro atoms. The van der Waals surface area contributed by atoms with Crippen LogP contribution in [0.1, 0.15) is 100 Å². The van der Waals surface area contributed by atoms with E-state index in [1.54, 1.807) is 7.11 Å². The number of hydrogen-bond donors (Lipinski definition) is 1. The largest absolute Gasteiger partial charge is 0.497 e. The Morgan fingerprint density at radius 3 is 2.06 bits per heavy atom. The fraction of sp³-hybridized carbons (Fsp3) is 0.519. The fourth-order valence-electron chi connectivity index (χ4n) is 4.50. The SMILES string of the molecule is COc1ccc2c(c1)CC(C)C/C2=N\NS(=O)(=O)c1c(C(C)C)cc(C(C)C)cc1C(C)C. The monoisotopic (exact) mass is 470 g/mol. The lowest BCUT2D eigenvalue weighted by molar-refractivity contribution is 0.413. The zero-order chi connectivity index (χ0) is 24.5. The molecule has 0 bridgehead atoms. The quantitative estimate of drug-likeness (QED) is 0.481. The Balaban J connectivity index is 2.09. The molecule has 6 heteroatoms. The number of methoxy groups -OCH3 is 1. The molecule has 0 aromatic heterocycles. The van der Waals surface area contributed by atoms with Gasteiger partial charge in [0.2, 0.25) is 0 Å². The van der Waals surface area contributed by atoms with Crippen molar-refractivity contribution in [2.24, 2.45) is 11.0 Å². The van der Waals surface area contributed by atoms with Crippen molar-refractivity contribution in [1.82, 2.24) is 4.83 Å². The van der Waals surface area contributed by atoms with E-state index >= 15 is 0 Å². The van der Waals surface area contributed by atoms with Gasteiger partial charge in [-0.15, -0.1) is 0 Å². The van der Waals surface area contributed by atoms with Gasteiger partial charge in [0.15, 0.2) is 0 Å². The van der Waals surface area contributed by atoms with Crippen LogP contribution < -0.4 is 9.57 Å². The average Bonchev–Trinajstić information content (AvgIpc) is 2.75. The minimum atomic E-state index is -3.85. The molecule has 0 saturated heterocycles. The van der Waals surface area contributed by atoms with Crippen LogP contribution in [0.4, 0.5) is 0 Å². The van der Waals surface area contributed by atoms with Crippen LogP contribution in [-0.4, -0.2) is 21.2 Å². The Hall–Kier alpha value is -2.34. The lowest BCUT2D eigenvalue weighted by atomic mass is 9.83. The number of sulfonamides is 1. The topological polar surface area (TPSA) is 67.8 Å². The second-order valence-electron chi connectivity index (χ2n) is 10.2. The summed E-state index contributed by atoms with van der Waals surface area (Å²) in [6.45, 7) is 14.6. The van der Waals surface area contributed by atoms with Crippen LogP contribution in [0.2, 0.25) is 0 Å². The first-order valence-corrected chi connectivity index (χ1v) is 13.4. The van der Waals surface area contributed by atoms with Gasteiger partial charge in [0, 0.05) is 5.56 Å². The molecule has 5 nitrogen and oxygen atoms in total. The maximum absolute atomic E-state index is 13.7. The molecule has 2 aromatic rings. The molecule has 3 rings (SSSR count). The van der Waals surface area contributed by atoms with Gasteiger partial charge in [-0.05, 0) is 77.0 Å². The minimum absolute atomic E-state index is 0.0725. The standard InChI is InChI=1S/C27H38N2O3S/c1-16(2)20-14-24(17(3)4)27(25(15-20)18(5)6)33(30,31)29-28-26-12-19(7)11-21-13-22(32-8)9-10-23(21)26/h9-10,13-19,29H,11-12H2,1-8H3/b28-26+. The summed E-state index contributed by atoms with van der Waals surface area (Å²) in [5.74, 6) is 1.64. The molecule has 0 amide bonds. The highest BCUT2D eigenvalue weighted by molar-refractivity contribution is 7.89. The minimum Gasteiger partial charge on any atom is -0.497 e. The molecule has 0 saturated carbocycles. The Morgan fingerprint density at radius 1 is 0.939 bits per heavy atom. The maximum atomic E-state index is 13.7. The zero-order valence-electron chi connectivity index (χ0n) is 21.2. The van der Waals surface area contributed by atoms with E-state index in [1.807, 2.05) is 58.0 Å². The maximum Gasteiger partial charge on any atom is 0.277 e. The molecule has 1 N–H and O–H groups in total. The zero-order valence-corrected chi connectivity index (χ0v) is 22.0. The van der Waals surface area contributed by atoms with Crippen molar-refractivity contribution >= 4 is 15.7 Å². The summed E-state index contributed by atoms with van der Waals surface area (Å²) >= 11 is 0. The highest BCUT2D eigenvalue weighted by atomic mass is 32.2. The molecular formula is C27H38N2O3S. The van der Waals surface area contributed by atoms with Gasteiger partial charge in [0.05, 0.1) is 17.7 Å². The van der Waals surface area contributed by atoms with Crippen molar-refractivity contribution < 1.29 is 13.2 Å². The number of fused-ring (bicyclic) bond motifs is 1. The van der Waals surface area contributed by atoms with Gasteiger partial charge in [0.1, 0.15) is 5.75 Å². The second kappa shape index (κ2) is 9.88. The van der Waals surface area contributed by atoms with Crippen LogP contribution in [0.15, 0.2) is 40.3 Å². The Kier molecular flexibility index (Phi) is 7.57. The van der Waals surface area contributed by atoms with Gasteiger partial charge in [-0.1, -0.05) is 60.6 Å². The summed E-state index contributed by atoms with van der Waals surface area (Å²) in [5, 5.41) is 4.47. The van der Waals surface area contributed by atoms with Crippen molar-refractivity contribution in [3.63, 3.8) is 0 Å². The number of hydrazone groups is 1. The lowest BCUT2D eigenvalue weighted by Gasteiger charge is -2.25. The van der Waals surface area contributed by atoms with E-state index in [2.05, 4.69) is 30.7 Å². The number of nitrogens with one attached hydrogen (secondary N) is 1. The van der Waals surface area contributed by atoms with Gasteiger partial charge in [0.25, 0.3) is 10.0 Å². The summed E-state index contributed by atoms with van der Waals surface area (Å²) in [6.07, 6.45) is 1.65. The number of ether oxygens (including phenoxy) is 1. The van der Waals surface area contributed by atoms with Gasteiger partial charge < -0.3 is 4.74 Å². The molecule has 2 aromatic carbocycles. The van der Waals surface area contributed by atoms with Crippen molar-refractivity contribution in [1.29, 1.82) is 0 Å². The summed E-state index contributed by atoms with van der Waals surface area (Å²) in [7, 11) is -2.20. The first kappa shape index (κ1) is 25.3. The van der Waals surface area contributed by atoms with Gasteiger partial charge >= 0.3 is 0 Å². The summed E-state index contributed by atoms with van der Waals surface area (Å²) in [5.41, 5.74) is 5.75. The van der Waals surface area contributed by atoms with E-state index in [1.165, 1.54) is 0 Å². The summed E-state index contributed by atoms with van der Waals surface area (Å²) < 4.78 is 32.7. The molecule has 1 unspecified atom stereocenters. The van der Waals surface area contributed by atoms with Crippen LogP contribution in [0, 0.1) is 5.92 Å². The van der Waals surface area contributed by atoms with Crippen LogP contribution in [0.5, 0.6) is 5.75 Å². The van der Waals surface area contributed by atoms with Crippen LogP contribution in [0.3, 0.4) is 0 Å². The van der Waals surface area contributed by atoms with Gasteiger partial charge in [-0.2, -0.15) is 18.4 Å². The van der Waals surface area contributed by atoms with Gasteiger partial charge in [-0.25, -0.2) is 0 Å². The molecule has 0 radical (unpaired) electrons. The van der Waals surface area contributed by atoms with Crippen LogP contribution in [-0.2, 0) is 16.4 Å². The molecule has 0 heterocycles. The van der Waals surface area contributed by atoms with E-state index in [4.69, 9.17) is 4.74 Å². The van der Waals surface area contributed by atoms with Crippen molar-refractivity contribution in [2.45, 2.75) is 84.0 Å². The normalized spacial score (nSPS) is 17.7. The van der Waals surface area contributed by atoms with E-state index in [-0.39, 0.29) is 11.8 Å². The highest BCUT2D eigenvalue weighted by Crippen LogP contribution is 2.35. The molecule has 1 atom stereocenters. The predicted molar refractivity (Wildman–Crippen MR) is 136 cm³/mol. The Bertz CT molecular complexity index is 1120. The van der Waals surface area contributed by atoms with Crippen LogP contribution in [0.25, 0.3) is 0 Å². The average molecular weight is 471 g/mol. The van der Waals surface area contributed by atoms with Crippen LogP contribution >= 0.6 is 0 Å². The summed E-state index contributed by atoms with van der Waals surface area (Å²) in [6, 6.07) is 9.99. The Morgan fingerprint density at radius 2 is 1.55 bits per heavy atom. The van der Waals surface area contributed by atoms with Crippen molar-refractivity contribution in [2.75, 3.05) is 7.11 Å².